The van der Waals surface area contributed by atoms with E-state index in [1.54, 1.807) is 12.1 Å². The predicted octanol–water partition coefficient (Wildman–Crippen LogP) is 1.90. The van der Waals surface area contributed by atoms with E-state index in [0.717, 1.165) is 0 Å². The van der Waals surface area contributed by atoms with Crippen LogP contribution < -0.4 is 5.73 Å². The fourth-order valence-corrected chi connectivity index (χ4v) is 1.07. The molecule has 0 bridgehead atoms. The van der Waals surface area contributed by atoms with E-state index >= 15 is 0 Å². The fraction of sp³-hybridized carbons (Fsp3) is 0.250. The Bertz CT molecular complexity index is 396. The highest BCUT2D eigenvalue weighted by molar-refractivity contribution is 5.34. The number of nitro benzene ring substituents is 1. The minimum atomic E-state index is -0.483. The first-order chi connectivity index (χ1) is 7.15. The van der Waals surface area contributed by atoms with E-state index in [1.165, 1.54) is 12.1 Å². The van der Waals surface area contributed by atoms with E-state index in [2.05, 4.69) is 10.0 Å². The maximum Gasteiger partial charge on any atom is 0.269 e. The first kappa shape index (κ1) is 11.0. The number of nitrogens with zero attached hydrogens (tertiary/aromatic N) is 4. The number of non-ortho nitro benzene ring substituents is 1. The monoisotopic (exact) mass is 207 g/mol. The third-order valence-corrected chi connectivity index (χ3v) is 1.87. The van der Waals surface area contributed by atoms with Crippen molar-refractivity contribution in [2.75, 3.05) is 6.54 Å². The molecule has 0 aliphatic heterocycles. The van der Waals surface area contributed by atoms with Gasteiger partial charge in [-0.05, 0) is 11.1 Å². The maximum atomic E-state index is 10.4. The highest BCUT2D eigenvalue weighted by Crippen LogP contribution is 2.16. The molecule has 1 aromatic rings. The van der Waals surface area contributed by atoms with E-state index in [1.807, 2.05) is 0 Å². The molecule has 0 aromatic heterocycles. The van der Waals surface area contributed by atoms with E-state index in [4.69, 9.17) is 11.3 Å². The Kier molecular flexibility index (Phi) is 3.61. The van der Waals surface area contributed by atoms with Crippen LogP contribution in [0.25, 0.3) is 10.4 Å². The van der Waals surface area contributed by atoms with Gasteiger partial charge in [-0.1, -0.05) is 17.2 Å². The summed E-state index contributed by atoms with van der Waals surface area (Å²) in [6, 6.07) is 5.41. The fourth-order valence-electron chi connectivity index (χ4n) is 1.07. The number of rotatable bonds is 4. The summed E-state index contributed by atoms with van der Waals surface area (Å²) in [4.78, 5) is 12.5. The lowest BCUT2D eigenvalue weighted by atomic mass is 10.1. The highest BCUT2D eigenvalue weighted by atomic mass is 16.6. The van der Waals surface area contributed by atoms with Crippen molar-refractivity contribution in [3.05, 3.63) is 50.4 Å². The third-order valence-electron chi connectivity index (χ3n) is 1.87. The topological polar surface area (TPSA) is 118 Å². The van der Waals surface area contributed by atoms with Crippen LogP contribution in [0.3, 0.4) is 0 Å². The van der Waals surface area contributed by atoms with Gasteiger partial charge in [0.15, 0.2) is 0 Å². The van der Waals surface area contributed by atoms with Gasteiger partial charge in [0, 0.05) is 29.6 Å². The molecule has 15 heavy (non-hydrogen) atoms. The zero-order valence-corrected chi connectivity index (χ0v) is 7.78. The van der Waals surface area contributed by atoms with E-state index < -0.39 is 11.0 Å². The molecule has 0 saturated heterocycles. The lowest BCUT2D eigenvalue weighted by Gasteiger charge is -2.07. The summed E-state index contributed by atoms with van der Waals surface area (Å²) >= 11 is 0. The van der Waals surface area contributed by atoms with Crippen molar-refractivity contribution in [2.45, 2.75) is 6.04 Å². The van der Waals surface area contributed by atoms with E-state index in [0.29, 0.717) is 5.56 Å². The zero-order valence-electron chi connectivity index (χ0n) is 7.78. The normalized spacial score (nSPS) is 11.5. The summed E-state index contributed by atoms with van der Waals surface area (Å²) in [6.45, 7) is 0.133. The Morgan fingerprint density at radius 2 is 2.13 bits per heavy atom. The molecule has 0 saturated carbocycles. The second kappa shape index (κ2) is 4.94. The molecule has 7 nitrogen and oxygen atoms in total. The molecule has 7 heteroatoms. The number of hydrogen-bond acceptors (Lipinski definition) is 4. The van der Waals surface area contributed by atoms with Crippen molar-refractivity contribution in [3.8, 4) is 0 Å². The summed E-state index contributed by atoms with van der Waals surface area (Å²) in [5.41, 5.74) is 14.5. The zero-order chi connectivity index (χ0) is 11.3. The van der Waals surface area contributed by atoms with Crippen molar-refractivity contribution in [2.24, 2.45) is 10.8 Å². The van der Waals surface area contributed by atoms with Crippen molar-refractivity contribution in [3.63, 3.8) is 0 Å². The molecular weight excluding hydrogens is 198 g/mol. The van der Waals surface area contributed by atoms with Crippen molar-refractivity contribution in [1.82, 2.24) is 0 Å². The Morgan fingerprint density at radius 1 is 1.53 bits per heavy atom. The second-order valence-electron chi connectivity index (χ2n) is 2.87. The number of hydrogen-bond donors (Lipinski definition) is 1. The number of nitro groups is 1. The first-order valence-corrected chi connectivity index (χ1v) is 4.16. The molecule has 1 rings (SSSR count). The number of nitrogens with two attached hydrogens (primary N) is 1. The molecule has 1 aromatic carbocycles. The summed E-state index contributed by atoms with van der Waals surface area (Å²) in [6.07, 6.45) is 0. The van der Waals surface area contributed by atoms with Crippen LogP contribution in [0.15, 0.2) is 29.4 Å². The van der Waals surface area contributed by atoms with Crippen LogP contribution in [0.1, 0.15) is 11.6 Å². The molecular formula is C8H9N5O2. The van der Waals surface area contributed by atoms with Crippen molar-refractivity contribution >= 4 is 5.69 Å². The summed E-state index contributed by atoms with van der Waals surface area (Å²) < 4.78 is 0. The summed E-state index contributed by atoms with van der Waals surface area (Å²) in [5, 5.41) is 13.7. The van der Waals surface area contributed by atoms with Crippen molar-refractivity contribution in [1.29, 1.82) is 0 Å². The Morgan fingerprint density at radius 3 is 2.60 bits per heavy atom. The summed E-state index contributed by atoms with van der Waals surface area (Å²) in [5.74, 6) is 0. The molecule has 2 N–H and O–H groups in total. The third kappa shape index (κ3) is 2.94. The lowest BCUT2D eigenvalue weighted by molar-refractivity contribution is -0.384. The Hall–Kier alpha value is -2.11. The first-order valence-electron chi connectivity index (χ1n) is 4.16. The maximum absolute atomic E-state index is 10.4. The van der Waals surface area contributed by atoms with Crippen LogP contribution in [-0.4, -0.2) is 11.5 Å². The molecule has 0 amide bonds. The van der Waals surface area contributed by atoms with Crippen LogP contribution in [0, 0.1) is 10.1 Å². The van der Waals surface area contributed by atoms with E-state index in [-0.39, 0.29) is 12.2 Å². The molecule has 0 fully saturated rings. The van der Waals surface area contributed by atoms with Gasteiger partial charge in [0.1, 0.15) is 0 Å². The molecule has 0 aliphatic rings. The highest BCUT2D eigenvalue weighted by Gasteiger charge is 2.08. The average Bonchev–Trinajstić information content (AvgIpc) is 2.26. The van der Waals surface area contributed by atoms with Crippen molar-refractivity contribution < 1.29 is 4.92 Å². The van der Waals surface area contributed by atoms with Crippen LogP contribution >= 0.6 is 0 Å². The molecule has 0 aliphatic carbocycles. The minimum absolute atomic E-state index is 0.00901. The van der Waals surface area contributed by atoms with Crippen LogP contribution in [-0.2, 0) is 0 Å². The lowest BCUT2D eigenvalue weighted by Crippen LogP contribution is -2.13. The quantitative estimate of drug-likeness (QED) is 0.267. The second-order valence-corrected chi connectivity index (χ2v) is 2.87. The average molecular weight is 207 g/mol. The van der Waals surface area contributed by atoms with Gasteiger partial charge in [-0.25, -0.2) is 0 Å². The molecule has 0 radical (unpaired) electrons. The van der Waals surface area contributed by atoms with Gasteiger partial charge in [-0.2, -0.15) is 0 Å². The molecule has 0 unspecified atom stereocenters. The summed E-state index contributed by atoms with van der Waals surface area (Å²) in [7, 11) is 0. The van der Waals surface area contributed by atoms with Gasteiger partial charge in [0.05, 0.1) is 4.92 Å². The van der Waals surface area contributed by atoms with Gasteiger partial charge in [-0.15, -0.1) is 0 Å². The number of benzene rings is 1. The van der Waals surface area contributed by atoms with Crippen LogP contribution in [0.4, 0.5) is 5.69 Å². The molecule has 0 spiro atoms. The van der Waals surface area contributed by atoms with Crippen LogP contribution in [0.2, 0.25) is 0 Å². The standard InChI is InChI=1S/C8H9N5O2/c9-8(5-11-12-10)6-1-3-7(4-2-6)13(14)15/h1-4,8H,5,9H2/t8-/m1/s1. The van der Waals surface area contributed by atoms with Gasteiger partial charge < -0.3 is 5.73 Å². The minimum Gasteiger partial charge on any atom is -0.324 e. The van der Waals surface area contributed by atoms with Gasteiger partial charge >= 0.3 is 0 Å². The van der Waals surface area contributed by atoms with Crippen LogP contribution in [0.5, 0.6) is 0 Å². The Balaban J connectivity index is 2.79. The van der Waals surface area contributed by atoms with Gasteiger partial charge in [0.2, 0.25) is 0 Å². The number of azide groups is 1. The van der Waals surface area contributed by atoms with Gasteiger partial charge in [0.25, 0.3) is 5.69 Å². The smallest absolute Gasteiger partial charge is 0.269 e. The predicted molar refractivity (Wildman–Crippen MR) is 54.0 cm³/mol. The largest absolute Gasteiger partial charge is 0.324 e. The SMILES string of the molecule is [N-]=[N+]=NC[C@@H](N)c1ccc([N+](=O)[O-])cc1. The van der Waals surface area contributed by atoms with E-state index in [9.17, 15) is 10.1 Å². The molecule has 1 atom stereocenters. The molecule has 0 heterocycles. The van der Waals surface area contributed by atoms with Gasteiger partial charge in [-0.3, -0.25) is 10.1 Å². The molecule has 78 valence electrons. The Labute approximate surface area is 85.3 Å².